The third kappa shape index (κ3) is 4.65. The van der Waals surface area contributed by atoms with E-state index in [1.54, 1.807) is 24.1 Å². The van der Waals surface area contributed by atoms with Crippen molar-refractivity contribution in [2.75, 3.05) is 17.7 Å². The van der Waals surface area contributed by atoms with Gasteiger partial charge in [0, 0.05) is 24.2 Å². The Morgan fingerprint density at radius 1 is 1.07 bits per heavy atom. The van der Waals surface area contributed by atoms with Gasteiger partial charge in [0.15, 0.2) is 0 Å². The van der Waals surface area contributed by atoms with Gasteiger partial charge in [-0.2, -0.15) is 0 Å². The van der Waals surface area contributed by atoms with E-state index in [1.165, 1.54) is 11.3 Å². The molecule has 3 amide bonds. The topological polar surface area (TPSA) is 87.2 Å². The molecule has 1 aliphatic carbocycles. The molecule has 0 spiro atoms. The van der Waals surface area contributed by atoms with Crippen LogP contribution in [0.2, 0.25) is 0 Å². The fourth-order valence-electron chi connectivity index (χ4n) is 3.03. The minimum absolute atomic E-state index is 0.172. The zero-order valence-electron chi connectivity index (χ0n) is 16.8. The molecular formula is C22H23N5O2S. The fraction of sp³-hybridized carbons (Fsp3) is 0.273. The second-order valence-corrected chi connectivity index (χ2v) is 8.39. The quantitative estimate of drug-likeness (QED) is 0.593. The molecule has 0 aliphatic heterocycles. The number of benzene rings is 2. The number of nitrogens with one attached hydrogen (secondary N) is 2. The lowest BCUT2D eigenvalue weighted by molar-refractivity contribution is 0.102. The molecule has 1 saturated carbocycles. The average Bonchev–Trinajstić information content (AvgIpc) is 3.52. The summed E-state index contributed by atoms with van der Waals surface area (Å²) in [5, 5.41) is 15.5. The minimum Gasteiger partial charge on any atom is -0.322 e. The number of anilines is 2. The maximum Gasteiger partial charge on any atom is 0.323 e. The van der Waals surface area contributed by atoms with Gasteiger partial charge in [-0.25, -0.2) is 4.79 Å². The number of nitrogens with zero attached hydrogens (tertiary/aromatic N) is 3. The monoisotopic (exact) mass is 421 g/mol. The van der Waals surface area contributed by atoms with Gasteiger partial charge >= 0.3 is 6.03 Å². The number of amides is 3. The molecule has 30 heavy (non-hydrogen) atoms. The molecule has 1 aromatic heterocycles. The summed E-state index contributed by atoms with van der Waals surface area (Å²) in [6, 6.07) is 16.1. The van der Waals surface area contributed by atoms with E-state index in [-0.39, 0.29) is 18.0 Å². The lowest BCUT2D eigenvalue weighted by Crippen LogP contribution is -2.33. The first kappa shape index (κ1) is 20.0. The summed E-state index contributed by atoms with van der Waals surface area (Å²) in [6.45, 7) is 1.94. The molecule has 3 aromatic rings. The van der Waals surface area contributed by atoms with Gasteiger partial charge in [-0.15, -0.1) is 10.2 Å². The largest absolute Gasteiger partial charge is 0.323 e. The molecule has 154 valence electrons. The molecule has 2 aromatic carbocycles. The minimum atomic E-state index is -0.250. The number of carbonyl (C=O) groups excluding carboxylic acids is 2. The number of aromatic nitrogens is 2. The molecule has 1 aliphatic rings. The summed E-state index contributed by atoms with van der Waals surface area (Å²) in [4.78, 5) is 26.7. The van der Waals surface area contributed by atoms with E-state index in [0.29, 0.717) is 22.3 Å². The van der Waals surface area contributed by atoms with Crippen LogP contribution >= 0.6 is 11.3 Å². The Labute approximate surface area is 179 Å². The van der Waals surface area contributed by atoms with Gasteiger partial charge in [0.25, 0.3) is 5.91 Å². The first-order valence-corrected chi connectivity index (χ1v) is 10.7. The second kappa shape index (κ2) is 8.62. The summed E-state index contributed by atoms with van der Waals surface area (Å²) in [5.41, 5.74) is 2.18. The third-order valence-corrected chi connectivity index (χ3v) is 6.15. The van der Waals surface area contributed by atoms with E-state index in [2.05, 4.69) is 20.8 Å². The van der Waals surface area contributed by atoms with E-state index in [0.717, 1.165) is 23.4 Å². The van der Waals surface area contributed by atoms with Crippen LogP contribution in [0, 0.1) is 0 Å². The van der Waals surface area contributed by atoms with Crippen LogP contribution in [0.1, 0.15) is 52.7 Å². The molecule has 0 saturated heterocycles. The van der Waals surface area contributed by atoms with Crippen molar-refractivity contribution in [2.45, 2.75) is 31.7 Å². The maximum absolute atomic E-state index is 12.7. The van der Waals surface area contributed by atoms with E-state index in [9.17, 15) is 9.59 Å². The van der Waals surface area contributed by atoms with Crippen molar-refractivity contribution in [3.63, 3.8) is 0 Å². The highest BCUT2D eigenvalue weighted by Crippen LogP contribution is 2.42. The van der Waals surface area contributed by atoms with E-state index >= 15 is 0 Å². The second-order valence-electron chi connectivity index (χ2n) is 7.38. The third-order valence-electron chi connectivity index (χ3n) is 5.15. The van der Waals surface area contributed by atoms with Crippen molar-refractivity contribution in [1.29, 1.82) is 0 Å². The molecule has 1 atom stereocenters. The molecule has 1 fully saturated rings. The van der Waals surface area contributed by atoms with Crippen molar-refractivity contribution >= 4 is 34.1 Å². The Morgan fingerprint density at radius 3 is 2.57 bits per heavy atom. The zero-order valence-corrected chi connectivity index (χ0v) is 17.6. The van der Waals surface area contributed by atoms with Gasteiger partial charge in [0.1, 0.15) is 5.01 Å². The molecule has 1 heterocycles. The van der Waals surface area contributed by atoms with Crippen LogP contribution in [-0.2, 0) is 0 Å². The van der Waals surface area contributed by atoms with Crippen molar-refractivity contribution in [3.8, 4) is 0 Å². The Kier molecular flexibility index (Phi) is 5.76. The molecule has 8 heteroatoms. The lowest BCUT2D eigenvalue weighted by Gasteiger charge is -2.25. The maximum atomic E-state index is 12.7. The molecule has 7 nitrogen and oxygen atoms in total. The SMILES string of the molecule is C[C@H](c1cccc(NC(=O)c2ccccc2)c1)N(C)C(=O)Nc1nnc(C2CC2)s1. The van der Waals surface area contributed by atoms with Gasteiger partial charge in [-0.05, 0) is 49.6 Å². The fourth-order valence-corrected chi connectivity index (χ4v) is 3.93. The van der Waals surface area contributed by atoms with Gasteiger partial charge in [0.05, 0.1) is 6.04 Å². The van der Waals surface area contributed by atoms with Crippen molar-refractivity contribution in [2.24, 2.45) is 0 Å². The van der Waals surface area contributed by atoms with Crippen LogP contribution in [0.15, 0.2) is 54.6 Å². The summed E-state index contributed by atoms with van der Waals surface area (Å²) in [7, 11) is 1.73. The Morgan fingerprint density at radius 2 is 1.83 bits per heavy atom. The van der Waals surface area contributed by atoms with Crippen molar-refractivity contribution < 1.29 is 9.59 Å². The van der Waals surface area contributed by atoms with E-state index in [4.69, 9.17) is 0 Å². The molecule has 0 radical (unpaired) electrons. The Balaban J connectivity index is 1.40. The Hall–Kier alpha value is -3.26. The molecule has 4 rings (SSSR count). The zero-order chi connectivity index (χ0) is 21.1. The normalized spacial score (nSPS) is 14.1. The number of rotatable bonds is 6. The van der Waals surface area contributed by atoms with Gasteiger partial charge in [-0.3, -0.25) is 10.1 Å². The molecule has 0 unspecified atom stereocenters. The average molecular weight is 422 g/mol. The lowest BCUT2D eigenvalue weighted by atomic mass is 10.1. The van der Waals surface area contributed by atoms with Gasteiger partial charge < -0.3 is 10.2 Å². The molecule has 0 bridgehead atoms. The smallest absolute Gasteiger partial charge is 0.322 e. The van der Waals surface area contributed by atoms with Crippen molar-refractivity contribution in [3.05, 3.63) is 70.7 Å². The van der Waals surface area contributed by atoms with E-state index < -0.39 is 0 Å². The molecule has 2 N–H and O–H groups in total. The van der Waals surface area contributed by atoms with Crippen LogP contribution < -0.4 is 10.6 Å². The first-order valence-electron chi connectivity index (χ1n) is 9.85. The highest BCUT2D eigenvalue weighted by Gasteiger charge is 2.28. The van der Waals surface area contributed by atoms with Gasteiger partial charge in [0.2, 0.25) is 5.13 Å². The van der Waals surface area contributed by atoms with Crippen LogP contribution in [0.25, 0.3) is 0 Å². The summed E-state index contributed by atoms with van der Waals surface area (Å²) < 4.78 is 0. The molecular weight excluding hydrogens is 398 g/mol. The summed E-state index contributed by atoms with van der Waals surface area (Å²) >= 11 is 1.44. The predicted molar refractivity (Wildman–Crippen MR) is 118 cm³/mol. The van der Waals surface area contributed by atoms with Crippen molar-refractivity contribution in [1.82, 2.24) is 15.1 Å². The van der Waals surface area contributed by atoms with Crippen LogP contribution in [0.3, 0.4) is 0 Å². The number of hydrogen-bond acceptors (Lipinski definition) is 5. The standard InChI is InChI=1S/C22H23N5O2S/c1-14(27(2)22(29)24-21-26-25-20(30-21)16-11-12-16)17-9-6-10-18(13-17)23-19(28)15-7-4-3-5-8-15/h3-10,13-14,16H,11-12H2,1-2H3,(H,23,28)(H,24,26,29)/t14-/m1/s1. The number of hydrogen-bond donors (Lipinski definition) is 2. The highest BCUT2D eigenvalue weighted by molar-refractivity contribution is 7.15. The number of carbonyl (C=O) groups is 2. The highest BCUT2D eigenvalue weighted by atomic mass is 32.1. The summed E-state index contributed by atoms with van der Waals surface area (Å²) in [5.74, 6) is 0.341. The van der Waals surface area contributed by atoms with Gasteiger partial charge in [-0.1, -0.05) is 41.7 Å². The van der Waals surface area contributed by atoms with E-state index in [1.807, 2.05) is 49.4 Å². The first-order chi connectivity index (χ1) is 14.5. The van der Waals surface area contributed by atoms with Crippen LogP contribution in [0.5, 0.6) is 0 Å². The Bertz CT molecular complexity index is 1050. The summed E-state index contributed by atoms with van der Waals surface area (Å²) in [6.07, 6.45) is 2.30. The number of urea groups is 1. The van der Waals surface area contributed by atoms with Crippen LogP contribution in [-0.4, -0.2) is 34.1 Å². The predicted octanol–water partition coefficient (Wildman–Crippen LogP) is 4.89. The van der Waals surface area contributed by atoms with Crippen LogP contribution in [0.4, 0.5) is 15.6 Å².